The molecule has 1 rings (SSSR count). The van der Waals surface area contributed by atoms with Crippen molar-refractivity contribution in [1.29, 1.82) is 0 Å². The molecule has 1 N–H and O–H groups in total. The smallest absolute Gasteiger partial charge is 0.126 e. The standard InChI is InChI=1S/C13H20FNO/c1-4-11(3)15-7-8-16-13-9-12(14)6-5-10(13)2/h5-6,9,11,15H,4,7-8H2,1-3H3. The van der Waals surface area contributed by atoms with E-state index in [9.17, 15) is 4.39 Å². The Hall–Kier alpha value is -1.09. The second kappa shape index (κ2) is 6.48. The Balaban J connectivity index is 2.34. The Morgan fingerprint density at radius 3 is 2.88 bits per heavy atom. The Morgan fingerprint density at radius 2 is 2.19 bits per heavy atom. The number of halogens is 1. The van der Waals surface area contributed by atoms with Gasteiger partial charge in [-0.2, -0.15) is 0 Å². The number of aryl methyl sites for hydroxylation is 1. The summed E-state index contributed by atoms with van der Waals surface area (Å²) >= 11 is 0. The van der Waals surface area contributed by atoms with Gasteiger partial charge in [0, 0.05) is 18.7 Å². The van der Waals surface area contributed by atoms with E-state index < -0.39 is 0 Å². The Kier molecular flexibility index (Phi) is 5.26. The average molecular weight is 225 g/mol. The summed E-state index contributed by atoms with van der Waals surface area (Å²) in [7, 11) is 0. The van der Waals surface area contributed by atoms with Gasteiger partial charge in [0.25, 0.3) is 0 Å². The largest absolute Gasteiger partial charge is 0.492 e. The van der Waals surface area contributed by atoms with Gasteiger partial charge >= 0.3 is 0 Å². The first kappa shape index (κ1) is 13.0. The van der Waals surface area contributed by atoms with Crippen molar-refractivity contribution in [1.82, 2.24) is 5.32 Å². The summed E-state index contributed by atoms with van der Waals surface area (Å²) < 4.78 is 18.5. The number of ether oxygens (including phenoxy) is 1. The molecule has 0 bridgehead atoms. The van der Waals surface area contributed by atoms with E-state index in [0.29, 0.717) is 18.4 Å². The van der Waals surface area contributed by atoms with Gasteiger partial charge in [0.05, 0.1) is 0 Å². The third-order valence-corrected chi connectivity index (χ3v) is 2.61. The maximum absolute atomic E-state index is 12.9. The highest BCUT2D eigenvalue weighted by Crippen LogP contribution is 2.18. The predicted molar refractivity (Wildman–Crippen MR) is 64.4 cm³/mol. The SMILES string of the molecule is CCC(C)NCCOc1cc(F)ccc1C. The highest BCUT2D eigenvalue weighted by Gasteiger charge is 2.02. The van der Waals surface area contributed by atoms with E-state index in [0.717, 1.165) is 18.5 Å². The highest BCUT2D eigenvalue weighted by molar-refractivity contribution is 5.32. The molecule has 0 amide bonds. The molecule has 0 aliphatic carbocycles. The van der Waals surface area contributed by atoms with Crippen molar-refractivity contribution in [3.8, 4) is 5.75 Å². The zero-order chi connectivity index (χ0) is 12.0. The quantitative estimate of drug-likeness (QED) is 0.752. The first-order valence-corrected chi connectivity index (χ1v) is 5.75. The van der Waals surface area contributed by atoms with Crippen molar-refractivity contribution in [2.75, 3.05) is 13.2 Å². The minimum atomic E-state index is -0.254. The molecule has 2 nitrogen and oxygen atoms in total. The topological polar surface area (TPSA) is 21.3 Å². The summed E-state index contributed by atoms with van der Waals surface area (Å²) in [6.45, 7) is 7.53. The minimum absolute atomic E-state index is 0.254. The summed E-state index contributed by atoms with van der Waals surface area (Å²) in [5.74, 6) is 0.376. The molecular formula is C13H20FNO. The summed E-state index contributed by atoms with van der Waals surface area (Å²) in [4.78, 5) is 0. The first-order chi connectivity index (χ1) is 7.63. The Bertz CT molecular complexity index is 328. The highest BCUT2D eigenvalue weighted by atomic mass is 19.1. The molecule has 90 valence electrons. The van der Waals surface area contributed by atoms with Gasteiger partial charge < -0.3 is 10.1 Å². The number of nitrogens with one attached hydrogen (secondary N) is 1. The molecular weight excluding hydrogens is 205 g/mol. The second-order valence-electron chi connectivity index (χ2n) is 4.02. The molecule has 0 radical (unpaired) electrons. The lowest BCUT2D eigenvalue weighted by atomic mass is 10.2. The molecule has 0 aliphatic rings. The van der Waals surface area contributed by atoms with Gasteiger partial charge in [-0.25, -0.2) is 4.39 Å². The molecule has 0 heterocycles. The van der Waals surface area contributed by atoms with E-state index in [1.807, 2.05) is 6.92 Å². The van der Waals surface area contributed by atoms with E-state index in [1.165, 1.54) is 12.1 Å². The predicted octanol–water partition coefficient (Wildman–Crippen LogP) is 2.90. The van der Waals surface area contributed by atoms with Crippen molar-refractivity contribution in [3.63, 3.8) is 0 Å². The van der Waals surface area contributed by atoms with Crippen molar-refractivity contribution in [2.45, 2.75) is 33.2 Å². The van der Waals surface area contributed by atoms with E-state index in [4.69, 9.17) is 4.74 Å². The maximum atomic E-state index is 12.9. The molecule has 0 saturated heterocycles. The fourth-order valence-electron chi connectivity index (χ4n) is 1.34. The van der Waals surface area contributed by atoms with Gasteiger partial charge in [-0.1, -0.05) is 13.0 Å². The van der Waals surface area contributed by atoms with Crippen molar-refractivity contribution < 1.29 is 9.13 Å². The molecule has 0 spiro atoms. The third kappa shape index (κ3) is 4.19. The second-order valence-corrected chi connectivity index (χ2v) is 4.02. The Labute approximate surface area is 96.8 Å². The van der Waals surface area contributed by atoms with Crippen LogP contribution in [0.1, 0.15) is 25.8 Å². The number of rotatable bonds is 6. The molecule has 1 atom stereocenters. The molecule has 0 fully saturated rings. The number of hydrogen-bond acceptors (Lipinski definition) is 2. The molecule has 16 heavy (non-hydrogen) atoms. The zero-order valence-corrected chi connectivity index (χ0v) is 10.2. The molecule has 1 aromatic carbocycles. The zero-order valence-electron chi connectivity index (χ0n) is 10.2. The van der Waals surface area contributed by atoms with Crippen molar-refractivity contribution >= 4 is 0 Å². The summed E-state index contributed by atoms with van der Waals surface area (Å²) in [6, 6.07) is 5.10. The van der Waals surface area contributed by atoms with Gasteiger partial charge in [-0.05, 0) is 31.9 Å². The van der Waals surface area contributed by atoms with Gasteiger partial charge in [0.15, 0.2) is 0 Å². The van der Waals surface area contributed by atoms with Crippen LogP contribution < -0.4 is 10.1 Å². The van der Waals surface area contributed by atoms with Crippen LogP contribution >= 0.6 is 0 Å². The fraction of sp³-hybridized carbons (Fsp3) is 0.538. The molecule has 0 aliphatic heterocycles. The monoisotopic (exact) mass is 225 g/mol. The lowest BCUT2D eigenvalue weighted by Crippen LogP contribution is -2.29. The number of benzene rings is 1. The maximum Gasteiger partial charge on any atom is 0.126 e. The van der Waals surface area contributed by atoms with Gasteiger partial charge in [0.2, 0.25) is 0 Å². The van der Waals surface area contributed by atoms with Crippen LogP contribution in [-0.4, -0.2) is 19.2 Å². The van der Waals surface area contributed by atoms with Crippen LogP contribution in [0.5, 0.6) is 5.75 Å². The van der Waals surface area contributed by atoms with Crippen LogP contribution in [0.25, 0.3) is 0 Å². The fourth-order valence-corrected chi connectivity index (χ4v) is 1.34. The van der Waals surface area contributed by atoms with Crippen LogP contribution in [0.2, 0.25) is 0 Å². The van der Waals surface area contributed by atoms with Gasteiger partial charge in [-0.15, -0.1) is 0 Å². The average Bonchev–Trinajstić information content (AvgIpc) is 2.28. The summed E-state index contributed by atoms with van der Waals surface area (Å²) in [5, 5.41) is 3.32. The lowest BCUT2D eigenvalue weighted by Gasteiger charge is -2.13. The van der Waals surface area contributed by atoms with Crippen LogP contribution in [-0.2, 0) is 0 Å². The molecule has 0 aromatic heterocycles. The van der Waals surface area contributed by atoms with E-state index in [2.05, 4.69) is 19.2 Å². The van der Waals surface area contributed by atoms with Gasteiger partial charge in [0.1, 0.15) is 18.2 Å². The van der Waals surface area contributed by atoms with E-state index >= 15 is 0 Å². The first-order valence-electron chi connectivity index (χ1n) is 5.75. The normalized spacial score (nSPS) is 12.5. The van der Waals surface area contributed by atoms with Gasteiger partial charge in [-0.3, -0.25) is 0 Å². The Morgan fingerprint density at radius 1 is 1.44 bits per heavy atom. The molecule has 3 heteroatoms. The summed E-state index contributed by atoms with van der Waals surface area (Å²) in [5.41, 5.74) is 0.963. The van der Waals surface area contributed by atoms with Crippen LogP contribution in [0.15, 0.2) is 18.2 Å². The van der Waals surface area contributed by atoms with Crippen LogP contribution in [0.3, 0.4) is 0 Å². The molecule has 0 saturated carbocycles. The van der Waals surface area contributed by atoms with Crippen LogP contribution in [0.4, 0.5) is 4.39 Å². The minimum Gasteiger partial charge on any atom is -0.492 e. The summed E-state index contributed by atoms with van der Waals surface area (Å²) in [6.07, 6.45) is 1.10. The molecule has 1 aromatic rings. The lowest BCUT2D eigenvalue weighted by molar-refractivity contribution is 0.303. The van der Waals surface area contributed by atoms with E-state index in [-0.39, 0.29) is 5.82 Å². The van der Waals surface area contributed by atoms with Crippen LogP contribution in [0, 0.1) is 12.7 Å². The molecule has 1 unspecified atom stereocenters. The number of hydrogen-bond donors (Lipinski definition) is 1. The van der Waals surface area contributed by atoms with Crippen molar-refractivity contribution in [2.24, 2.45) is 0 Å². The van der Waals surface area contributed by atoms with Crippen molar-refractivity contribution in [3.05, 3.63) is 29.6 Å². The third-order valence-electron chi connectivity index (χ3n) is 2.61. The van der Waals surface area contributed by atoms with E-state index in [1.54, 1.807) is 6.07 Å².